The quantitative estimate of drug-likeness (QED) is 0.791. The van der Waals surface area contributed by atoms with Crippen LogP contribution < -0.4 is 10.9 Å². The van der Waals surface area contributed by atoms with Gasteiger partial charge in [-0.3, -0.25) is 14.5 Å². The van der Waals surface area contributed by atoms with Gasteiger partial charge in [0, 0.05) is 31.2 Å². The van der Waals surface area contributed by atoms with Crippen molar-refractivity contribution in [3.63, 3.8) is 0 Å². The molecule has 6 heteroatoms. The molecule has 0 aliphatic heterocycles. The van der Waals surface area contributed by atoms with E-state index in [1.165, 1.54) is 12.1 Å². The van der Waals surface area contributed by atoms with Crippen molar-refractivity contribution in [2.24, 2.45) is 0 Å². The largest absolute Gasteiger partial charge is 0.349 e. The zero-order valence-electron chi connectivity index (χ0n) is 11.9. The Balaban J connectivity index is 2.46. The molecular formula is C13H22N4O2. The summed E-state index contributed by atoms with van der Waals surface area (Å²) in [6.07, 6.45) is 0. The van der Waals surface area contributed by atoms with Gasteiger partial charge in [-0.2, -0.15) is 5.10 Å². The number of H-pyrrole nitrogens is 1. The Labute approximate surface area is 113 Å². The first-order valence-corrected chi connectivity index (χ1v) is 6.51. The van der Waals surface area contributed by atoms with Crippen molar-refractivity contribution in [1.82, 2.24) is 20.4 Å². The summed E-state index contributed by atoms with van der Waals surface area (Å²) < 4.78 is 0. The van der Waals surface area contributed by atoms with Gasteiger partial charge in [-0.05, 0) is 33.8 Å². The molecule has 0 unspecified atom stereocenters. The standard InChI is InChI=1S/C13H22N4O2/c1-9(2)17(10(3)4)8-7-14-13(19)11-5-6-12(18)16-15-11/h5-6,9-10H,7-8H2,1-4H3,(H,14,19)(H,16,18). The van der Waals surface area contributed by atoms with E-state index in [2.05, 4.69) is 48.1 Å². The Kier molecular flexibility index (Phi) is 5.69. The highest BCUT2D eigenvalue weighted by atomic mass is 16.2. The second kappa shape index (κ2) is 7.04. The van der Waals surface area contributed by atoms with Crippen LogP contribution in [0, 0.1) is 0 Å². The van der Waals surface area contributed by atoms with Crippen LogP contribution in [0.2, 0.25) is 0 Å². The Bertz CT molecular complexity index is 439. The van der Waals surface area contributed by atoms with Gasteiger partial charge in [-0.1, -0.05) is 0 Å². The Morgan fingerprint density at radius 1 is 1.32 bits per heavy atom. The average molecular weight is 266 g/mol. The number of amides is 1. The van der Waals surface area contributed by atoms with Crippen LogP contribution in [-0.4, -0.2) is 46.2 Å². The minimum Gasteiger partial charge on any atom is -0.349 e. The zero-order valence-corrected chi connectivity index (χ0v) is 11.9. The highest BCUT2D eigenvalue weighted by Crippen LogP contribution is 2.03. The predicted molar refractivity (Wildman–Crippen MR) is 74.2 cm³/mol. The number of aromatic amines is 1. The van der Waals surface area contributed by atoms with Crippen LogP contribution in [0.1, 0.15) is 38.2 Å². The lowest BCUT2D eigenvalue weighted by Crippen LogP contribution is -2.42. The van der Waals surface area contributed by atoms with Gasteiger partial charge in [0.05, 0.1) is 0 Å². The fraction of sp³-hybridized carbons (Fsp3) is 0.615. The van der Waals surface area contributed by atoms with Gasteiger partial charge < -0.3 is 5.32 Å². The van der Waals surface area contributed by atoms with Crippen molar-refractivity contribution >= 4 is 5.91 Å². The molecule has 0 radical (unpaired) electrons. The van der Waals surface area contributed by atoms with Crippen molar-refractivity contribution in [2.75, 3.05) is 13.1 Å². The maximum Gasteiger partial charge on any atom is 0.271 e. The molecule has 0 aliphatic carbocycles. The van der Waals surface area contributed by atoms with Crippen LogP contribution in [-0.2, 0) is 0 Å². The Morgan fingerprint density at radius 2 is 1.95 bits per heavy atom. The molecule has 0 saturated carbocycles. The summed E-state index contributed by atoms with van der Waals surface area (Å²) in [4.78, 5) is 24.9. The lowest BCUT2D eigenvalue weighted by molar-refractivity contribution is 0.0933. The summed E-state index contributed by atoms with van der Waals surface area (Å²) in [5.41, 5.74) is -0.0948. The number of hydrogen-bond acceptors (Lipinski definition) is 4. The van der Waals surface area contributed by atoms with E-state index in [4.69, 9.17) is 0 Å². The third-order valence-electron chi connectivity index (χ3n) is 2.89. The smallest absolute Gasteiger partial charge is 0.271 e. The molecule has 0 aromatic carbocycles. The molecule has 1 aromatic heterocycles. The molecule has 0 saturated heterocycles. The molecule has 6 nitrogen and oxygen atoms in total. The lowest BCUT2D eigenvalue weighted by Gasteiger charge is -2.30. The normalized spacial score (nSPS) is 11.3. The minimum atomic E-state index is -0.317. The van der Waals surface area contributed by atoms with Crippen LogP contribution in [0.4, 0.5) is 0 Å². The third-order valence-corrected chi connectivity index (χ3v) is 2.89. The number of carbonyl (C=O) groups is 1. The van der Waals surface area contributed by atoms with E-state index >= 15 is 0 Å². The molecule has 1 aromatic rings. The number of nitrogens with one attached hydrogen (secondary N) is 2. The van der Waals surface area contributed by atoms with E-state index in [0.29, 0.717) is 18.6 Å². The second-order valence-corrected chi connectivity index (χ2v) is 4.99. The highest BCUT2D eigenvalue weighted by Gasteiger charge is 2.13. The van der Waals surface area contributed by atoms with Crippen LogP contribution in [0.3, 0.4) is 0 Å². The van der Waals surface area contributed by atoms with Crippen LogP contribution >= 0.6 is 0 Å². The van der Waals surface area contributed by atoms with Gasteiger partial charge in [-0.15, -0.1) is 0 Å². The Hall–Kier alpha value is -1.69. The summed E-state index contributed by atoms with van der Waals surface area (Å²) in [6, 6.07) is 3.57. The van der Waals surface area contributed by atoms with Gasteiger partial charge in [0.25, 0.3) is 11.5 Å². The van der Waals surface area contributed by atoms with E-state index in [1.54, 1.807) is 0 Å². The third kappa shape index (κ3) is 4.82. The molecule has 0 atom stereocenters. The van der Waals surface area contributed by atoms with Gasteiger partial charge in [-0.25, -0.2) is 5.10 Å². The second-order valence-electron chi connectivity index (χ2n) is 4.99. The number of hydrogen-bond donors (Lipinski definition) is 2. The number of nitrogens with zero attached hydrogens (tertiary/aromatic N) is 2. The van der Waals surface area contributed by atoms with Gasteiger partial charge in [0.1, 0.15) is 5.69 Å². The maximum absolute atomic E-state index is 11.8. The van der Waals surface area contributed by atoms with Gasteiger partial charge in [0.15, 0.2) is 0 Å². The molecule has 2 N–H and O–H groups in total. The highest BCUT2D eigenvalue weighted by molar-refractivity contribution is 5.91. The fourth-order valence-corrected chi connectivity index (χ4v) is 1.97. The van der Waals surface area contributed by atoms with Crippen molar-refractivity contribution in [3.05, 3.63) is 28.2 Å². The summed E-state index contributed by atoms with van der Waals surface area (Å²) in [5.74, 6) is -0.274. The molecular weight excluding hydrogens is 244 g/mol. The van der Waals surface area contributed by atoms with Crippen molar-refractivity contribution in [2.45, 2.75) is 39.8 Å². The number of rotatable bonds is 6. The lowest BCUT2D eigenvalue weighted by atomic mass is 10.2. The summed E-state index contributed by atoms with van der Waals surface area (Å²) in [5, 5.41) is 8.72. The molecule has 0 fully saturated rings. The first-order valence-electron chi connectivity index (χ1n) is 6.51. The van der Waals surface area contributed by atoms with E-state index < -0.39 is 0 Å². The Morgan fingerprint density at radius 3 is 2.42 bits per heavy atom. The number of aromatic nitrogens is 2. The van der Waals surface area contributed by atoms with Gasteiger partial charge >= 0.3 is 0 Å². The van der Waals surface area contributed by atoms with Gasteiger partial charge in [0.2, 0.25) is 0 Å². The first-order chi connectivity index (χ1) is 8.91. The molecule has 0 aliphatic rings. The topological polar surface area (TPSA) is 78.1 Å². The summed E-state index contributed by atoms with van der Waals surface area (Å²) >= 11 is 0. The first kappa shape index (κ1) is 15.4. The van der Waals surface area contributed by atoms with Crippen LogP contribution in [0.15, 0.2) is 16.9 Å². The summed E-state index contributed by atoms with van der Waals surface area (Å²) in [6.45, 7) is 9.85. The van der Waals surface area contributed by atoms with Crippen molar-refractivity contribution in [1.29, 1.82) is 0 Å². The minimum absolute atomic E-state index is 0.222. The van der Waals surface area contributed by atoms with E-state index in [9.17, 15) is 9.59 Å². The fourth-order valence-electron chi connectivity index (χ4n) is 1.97. The molecule has 106 valence electrons. The summed E-state index contributed by atoms with van der Waals surface area (Å²) in [7, 11) is 0. The molecule has 0 bridgehead atoms. The van der Waals surface area contributed by atoms with E-state index in [-0.39, 0.29) is 17.2 Å². The van der Waals surface area contributed by atoms with E-state index in [0.717, 1.165) is 6.54 Å². The molecule has 1 amide bonds. The monoisotopic (exact) mass is 266 g/mol. The average Bonchev–Trinajstić information content (AvgIpc) is 2.34. The number of carbonyl (C=O) groups excluding carboxylic acids is 1. The van der Waals surface area contributed by atoms with Crippen LogP contribution in [0.5, 0.6) is 0 Å². The molecule has 1 rings (SSSR count). The SMILES string of the molecule is CC(C)N(CCNC(=O)c1ccc(=O)[nH]n1)C(C)C. The molecule has 0 spiro atoms. The predicted octanol–water partition coefficient (Wildman–Crippen LogP) is 0.619. The van der Waals surface area contributed by atoms with Crippen molar-refractivity contribution < 1.29 is 4.79 Å². The van der Waals surface area contributed by atoms with E-state index in [1.807, 2.05) is 0 Å². The zero-order chi connectivity index (χ0) is 14.4. The molecule has 1 heterocycles. The van der Waals surface area contributed by atoms with Crippen molar-refractivity contribution in [3.8, 4) is 0 Å². The maximum atomic E-state index is 11.8. The van der Waals surface area contributed by atoms with Crippen LogP contribution in [0.25, 0.3) is 0 Å². The molecule has 19 heavy (non-hydrogen) atoms.